The maximum absolute atomic E-state index is 12.4. The Bertz CT molecular complexity index is 895. The molecule has 1 amide bonds. The fraction of sp³-hybridized carbons (Fsp3) is 0.263. The van der Waals surface area contributed by atoms with Crippen molar-refractivity contribution in [3.8, 4) is 17.2 Å². The number of carbonyl (C=O) groups is 1. The molecule has 136 valence electrons. The van der Waals surface area contributed by atoms with Gasteiger partial charge in [-0.25, -0.2) is 4.52 Å². The summed E-state index contributed by atoms with van der Waals surface area (Å²) in [5.41, 5.74) is 2.75. The van der Waals surface area contributed by atoms with Crippen LogP contribution >= 0.6 is 0 Å². The van der Waals surface area contributed by atoms with E-state index in [9.17, 15) is 4.79 Å². The average Bonchev–Trinajstić information content (AvgIpc) is 3.14. The van der Waals surface area contributed by atoms with Gasteiger partial charge in [-0.2, -0.15) is 5.10 Å². The third-order valence-corrected chi connectivity index (χ3v) is 4.09. The highest BCUT2D eigenvalue weighted by atomic mass is 16.5. The second kappa shape index (κ2) is 7.77. The molecule has 2 aromatic heterocycles. The van der Waals surface area contributed by atoms with Crippen LogP contribution in [0.4, 0.5) is 0 Å². The fourth-order valence-corrected chi connectivity index (χ4v) is 2.84. The van der Waals surface area contributed by atoms with Gasteiger partial charge < -0.3 is 19.5 Å². The van der Waals surface area contributed by atoms with Crippen LogP contribution in [0.25, 0.3) is 5.52 Å². The molecule has 26 heavy (non-hydrogen) atoms. The number of methoxy groups -OCH3 is 3. The topological polar surface area (TPSA) is 74.1 Å². The number of nitrogens with zero attached hydrogens (tertiary/aromatic N) is 2. The van der Waals surface area contributed by atoms with Crippen LogP contribution in [0.15, 0.2) is 42.7 Å². The highest BCUT2D eigenvalue weighted by molar-refractivity contribution is 5.79. The molecule has 0 aliphatic heterocycles. The number of benzene rings is 1. The summed E-state index contributed by atoms with van der Waals surface area (Å²) in [4.78, 5) is 12.4. The predicted octanol–water partition coefficient (Wildman–Crippen LogP) is 2.22. The third kappa shape index (κ3) is 3.56. The first-order valence-corrected chi connectivity index (χ1v) is 8.13. The molecule has 0 aliphatic rings. The predicted molar refractivity (Wildman–Crippen MR) is 96.8 cm³/mol. The van der Waals surface area contributed by atoms with Crippen molar-refractivity contribution in [2.75, 3.05) is 21.3 Å². The van der Waals surface area contributed by atoms with E-state index >= 15 is 0 Å². The Morgan fingerprint density at radius 1 is 1.12 bits per heavy atom. The molecule has 0 saturated heterocycles. The van der Waals surface area contributed by atoms with Gasteiger partial charge in [0.05, 0.1) is 33.3 Å². The number of ether oxygens (including phenoxy) is 3. The maximum atomic E-state index is 12.4. The minimum absolute atomic E-state index is 0.0965. The highest BCUT2D eigenvalue weighted by Gasteiger charge is 2.15. The zero-order valence-electron chi connectivity index (χ0n) is 15.0. The summed E-state index contributed by atoms with van der Waals surface area (Å²) in [5, 5.41) is 7.13. The van der Waals surface area contributed by atoms with E-state index in [2.05, 4.69) is 10.4 Å². The molecule has 0 atom stereocenters. The summed E-state index contributed by atoms with van der Waals surface area (Å²) in [5.74, 6) is 1.46. The van der Waals surface area contributed by atoms with Crippen molar-refractivity contribution in [1.29, 1.82) is 0 Å². The van der Waals surface area contributed by atoms with Gasteiger partial charge in [-0.05, 0) is 35.4 Å². The number of hydrogen-bond donors (Lipinski definition) is 1. The minimum Gasteiger partial charge on any atom is -0.493 e. The molecule has 1 N–H and O–H groups in total. The van der Waals surface area contributed by atoms with Gasteiger partial charge in [0.15, 0.2) is 11.5 Å². The quantitative estimate of drug-likeness (QED) is 0.703. The Labute approximate surface area is 151 Å². The lowest BCUT2D eigenvalue weighted by Crippen LogP contribution is -2.24. The second-order valence-corrected chi connectivity index (χ2v) is 5.68. The largest absolute Gasteiger partial charge is 0.493 e. The maximum Gasteiger partial charge on any atom is 0.224 e. The van der Waals surface area contributed by atoms with Crippen molar-refractivity contribution in [2.45, 2.75) is 13.0 Å². The lowest BCUT2D eigenvalue weighted by atomic mass is 10.1. The van der Waals surface area contributed by atoms with E-state index in [1.54, 1.807) is 44.2 Å². The number of fused-ring (bicyclic) bond motifs is 1. The van der Waals surface area contributed by atoms with Crippen molar-refractivity contribution >= 4 is 11.4 Å². The summed E-state index contributed by atoms with van der Waals surface area (Å²) < 4.78 is 17.7. The van der Waals surface area contributed by atoms with Crippen LogP contribution in [0, 0.1) is 0 Å². The monoisotopic (exact) mass is 355 g/mol. The third-order valence-electron chi connectivity index (χ3n) is 4.09. The Balaban J connectivity index is 1.71. The molecule has 7 heteroatoms. The molecule has 0 saturated carbocycles. The standard InChI is InChI=1S/C19H21N3O4/c1-24-16-9-13(10-17(25-2)19(16)26-3)11-18(23)20-12-14-5-4-8-22-15(14)6-7-21-22/h4-10H,11-12H2,1-3H3,(H,20,23). The zero-order valence-corrected chi connectivity index (χ0v) is 15.0. The van der Waals surface area contributed by atoms with Crippen LogP contribution in [0.1, 0.15) is 11.1 Å². The van der Waals surface area contributed by atoms with Crippen molar-refractivity contribution in [1.82, 2.24) is 14.9 Å². The van der Waals surface area contributed by atoms with E-state index in [-0.39, 0.29) is 12.3 Å². The van der Waals surface area contributed by atoms with E-state index in [0.717, 1.165) is 16.6 Å². The lowest BCUT2D eigenvalue weighted by Gasteiger charge is -2.14. The smallest absolute Gasteiger partial charge is 0.224 e. The average molecular weight is 355 g/mol. The Kier molecular flexibility index (Phi) is 5.26. The van der Waals surface area contributed by atoms with E-state index in [0.29, 0.717) is 23.8 Å². The number of aromatic nitrogens is 2. The van der Waals surface area contributed by atoms with E-state index < -0.39 is 0 Å². The molecule has 7 nitrogen and oxygen atoms in total. The van der Waals surface area contributed by atoms with Crippen molar-refractivity contribution in [2.24, 2.45) is 0 Å². The zero-order chi connectivity index (χ0) is 18.5. The van der Waals surface area contributed by atoms with Gasteiger partial charge in [0.25, 0.3) is 0 Å². The normalized spacial score (nSPS) is 10.6. The van der Waals surface area contributed by atoms with Gasteiger partial charge >= 0.3 is 0 Å². The number of carbonyl (C=O) groups excluding carboxylic acids is 1. The van der Waals surface area contributed by atoms with Gasteiger partial charge in [-0.1, -0.05) is 6.07 Å². The van der Waals surface area contributed by atoms with Crippen LogP contribution in [0.5, 0.6) is 17.2 Å². The fourth-order valence-electron chi connectivity index (χ4n) is 2.84. The van der Waals surface area contributed by atoms with Crippen molar-refractivity contribution in [3.63, 3.8) is 0 Å². The number of nitrogens with one attached hydrogen (secondary N) is 1. The SMILES string of the molecule is COc1cc(CC(=O)NCc2cccn3nccc23)cc(OC)c1OC. The molecule has 0 spiro atoms. The Hall–Kier alpha value is -3.22. The molecule has 1 aromatic carbocycles. The van der Waals surface area contributed by atoms with Crippen LogP contribution in [-0.2, 0) is 17.8 Å². The summed E-state index contributed by atoms with van der Waals surface area (Å²) in [6.45, 7) is 0.430. The minimum atomic E-state index is -0.0965. The molecule has 3 aromatic rings. The number of amides is 1. The van der Waals surface area contributed by atoms with Gasteiger partial charge in [-0.15, -0.1) is 0 Å². The molecular weight excluding hydrogens is 334 g/mol. The van der Waals surface area contributed by atoms with E-state index in [4.69, 9.17) is 14.2 Å². The highest BCUT2D eigenvalue weighted by Crippen LogP contribution is 2.38. The Morgan fingerprint density at radius 2 is 1.85 bits per heavy atom. The molecular formula is C19H21N3O4. The molecule has 2 heterocycles. The summed E-state index contributed by atoms with van der Waals surface area (Å²) >= 11 is 0. The summed E-state index contributed by atoms with van der Waals surface area (Å²) in [7, 11) is 4.64. The van der Waals surface area contributed by atoms with Gasteiger partial charge in [0.2, 0.25) is 11.7 Å². The molecule has 0 aliphatic carbocycles. The van der Waals surface area contributed by atoms with Crippen LogP contribution in [-0.4, -0.2) is 36.9 Å². The second-order valence-electron chi connectivity index (χ2n) is 5.68. The summed E-state index contributed by atoms with van der Waals surface area (Å²) in [6.07, 6.45) is 3.81. The van der Waals surface area contributed by atoms with Crippen molar-refractivity contribution in [3.05, 3.63) is 53.9 Å². The summed E-state index contributed by atoms with van der Waals surface area (Å²) in [6, 6.07) is 9.34. The van der Waals surface area contributed by atoms with Crippen molar-refractivity contribution < 1.29 is 19.0 Å². The molecule has 0 radical (unpaired) electrons. The molecule has 0 bridgehead atoms. The van der Waals surface area contributed by atoms with Crippen LogP contribution in [0.3, 0.4) is 0 Å². The first-order valence-electron chi connectivity index (χ1n) is 8.13. The first kappa shape index (κ1) is 17.6. The number of hydrogen-bond acceptors (Lipinski definition) is 5. The molecule has 0 unspecified atom stereocenters. The van der Waals surface area contributed by atoms with Crippen LogP contribution < -0.4 is 19.5 Å². The number of rotatable bonds is 7. The first-order chi connectivity index (χ1) is 12.7. The van der Waals surface area contributed by atoms with Gasteiger partial charge in [0.1, 0.15) is 0 Å². The molecule has 3 rings (SSSR count). The number of pyridine rings is 1. The molecule has 0 fully saturated rings. The lowest BCUT2D eigenvalue weighted by molar-refractivity contribution is -0.120. The van der Waals surface area contributed by atoms with Crippen LogP contribution in [0.2, 0.25) is 0 Å². The van der Waals surface area contributed by atoms with Gasteiger partial charge in [0, 0.05) is 18.9 Å². The Morgan fingerprint density at radius 3 is 2.50 bits per heavy atom. The van der Waals surface area contributed by atoms with E-state index in [1.807, 2.05) is 24.4 Å². The van der Waals surface area contributed by atoms with E-state index in [1.165, 1.54) is 0 Å². The van der Waals surface area contributed by atoms with Gasteiger partial charge in [-0.3, -0.25) is 4.79 Å².